The van der Waals surface area contributed by atoms with Gasteiger partial charge in [-0.3, -0.25) is 19.2 Å². The maximum atomic E-state index is 14.1. The highest BCUT2D eigenvalue weighted by molar-refractivity contribution is 5.93. The minimum atomic E-state index is -0.787. The number of nitrogens with two attached hydrogens (primary N) is 3. The first-order valence-electron chi connectivity index (χ1n) is 21.2. The van der Waals surface area contributed by atoms with Gasteiger partial charge in [-0.2, -0.15) is 0 Å². The molecule has 15 nitrogen and oxygen atoms in total. The highest BCUT2D eigenvalue weighted by atomic mass is 19.1. The molecule has 2 saturated carbocycles. The second-order valence-electron chi connectivity index (χ2n) is 16.9. The molecule has 2 aromatic carbocycles. The summed E-state index contributed by atoms with van der Waals surface area (Å²) >= 11 is 0. The number of amides is 3. The smallest absolute Gasteiger partial charge is 0.303 e. The van der Waals surface area contributed by atoms with Crippen molar-refractivity contribution in [1.82, 2.24) is 35.1 Å². The summed E-state index contributed by atoms with van der Waals surface area (Å²) < 4.78 is 27.6. The number of carboxylic acids is 1. The lowest BCUT2D eigenvalue weighted by molar-refractivity contribution is -0.137. The van der Waals surface area contributed by atoms with E-state index in [-0.39, 0.29) is 47.4 Å². The second-order valence-corrected chi connectivity index (χ2v) is 16.9. The highest BCUT2D eigenvalue weighted by Crippen LogP contribution is 2.40. The van der Waals surface area contributed by atoms with Crippen LogP contribution in [0.4, 0.5) is 8.78 Å². The Kier molecular flexibility index (Phi) is 19.6. The predicted molar refractivity (Wildman–Crippen MR) is 235 cm³/mol. The number of rotatable bonds is 21. The molecule has 8 N–H and O–H groups in total. The summed E-state index contributed by atoms with van der Waals surface area (Å²) in [5.74, 6) is -1.91. The number of nitrogens with one attached hydrogen (secondary N) is 1. The number of hydrogen-bond acceptors (Lipinski definition) is 11. The molecule has 4 atom stereocenters. The Labute approximate surface area is 368 Å². The number of carboxylic acid groups (broad SMARTS) is 1. The van der Waals surface area contributed by atoms with Crippen LogP contribution in [0.15, 0.2) is 73.8 Å². The molecule has 2 aromatic heterocycles. The SMILES string of the molecule is CN(C)[C@H](CN)Cc1ccc(C(N)=O)c(F)c1.CN(C)[C@H](CNC(=O)C[C@@H](CC1CC1)c1cncnc1)Cc1ccc(C(N)=O)c(F)c1.O=C(O)C[C@@H](CC1CC1)c1cncnc1. The number of benzene rings is 2. The quantitative estimate of drug-likeness (QED) is 0.0780. The van der Waals surface area contributed by atoms with Gasteiger partial charge in [-0.25, -0.2) is 28.7 Å². The van der Waals surface area contributed by atoms with Crippen molar-refractivity contribution in [3.63, 3.8) is 0 Å². The van der Waals surface area contributed by atoms with Crippen molar-refractivity contribution in [2.75, 3.05) is 41.3 Å². The van der Waals surface area contributed by atoms with E-state index in [1.165, 1.54) is 62.6 Å². The van der Waals surface area contributed by atoms with Crippen molar-refractivity contribution in [2.45, 2.75) is 88.1 Å². The van der Waals surface area contributed by atoms with E-state index >= 15 is 0 Å². The third-order valence-electron chi connectivity index (χ3n) is 11.4. The molecule has 0 unspecified atom stereocenters. The first kappa shape index (κ1) is 49.9. The molecule has 17 heteroatoms. The molecule has 3 amide bonds. The molecule has 0 aliphatic heterocycles. The van der Waals surface area contributed by atoms with Gasteiger partial charge in [-0.1, -0.05) is 37.8 Å². The lowest BCUT2D eigenvalue weighted by Crippen LogP contribution is -2.42. The Balaban J connectivity index is 0.000000229. The van der Waals surface area contributed by atoms with E-state index in [1.807, 2.05) is 38.0 Å². The van der Waals surface area contributed by atoms with E-state index in [0.717, 1.165) is 41.0 Å². The Morgan fingerprint density at radius 1 is 0.698 bits per heavy atom. The van der Waals surface area contributed by atoms with E-state index < -0.39 is 29.4 Å². The number of primary amides is 2. The van der Waals surface area contributed by atoms with Gasteiger partial charge in [0.15, 0.2) is 0 Å². The summed E-state index contributed by atoms with van der Waals surface area (Å²) in [7, 11) is 7.68. The highest BCUT2D eigenvalue weighted by Gasteiger charge is 2.29. The fourth-order valence-corrected chi connectivity index (χ4v) is 7.20. The van der Waals surface area contributed by atoms with Crippen molar-refractivity contribution in [1.29, 1.82) is 0 Å². The van der Waals surface area contributed by atoms with Gasteiger partial charge in [-0.15, -0.1) is 0 Å². The fraction of sp³-hybridized carbons (Fsp3) is 0.478. The minimum Gasteiger partial charge on any atom is -0.481 e. The molecule has 4 aromatic rings. The Bertz CT molecular complexity index is 2090. The molecule has 2 heterocycles. The number of hydrogen-bond donors (Lipinski definition) is 5. The number of aliphatic carboxylic acids is 1. The molecular formula is C46H62F2N10O5. The minimum absolute atomic E-state index is 0.0170. The average Bonchev–Trinajstić information content (AvgIpc) is 4.19. The fourth-order valence-electron chi connectivity index (χ4n) is 7.20. The topological polar surface area (TPSA) is 237 Å². The summed E-state index contributed by atoms with van der Waals surface area (Å²) in [6.45, 7) is 0.929. The summed E-state index contributed by atoms with van der Waals surface area (Å²) in [4.78, 5) is 65.6. The first-order chi connectivity index (χ1) is 30.0. The van der Waals surface area contributed by atoms with Crippen LogP contribution in [0.5, 0.6) is 0 Å². The lowest BCUT2D eigenvalue weighted by atomic mass is 9.92. The van der Waals surface area contributed by atoms with Gasteiger partial charge in [0.2, 0.25) is 5.91 Å². The van der Waals surface area contributed by atoms with Crippen molar-refractivity contribution >= 4 is 23.7 Å². The van der Waals surface area contributed by atoms with Gasteiger partial charge in [0.25, 0.3) is 11.8 Å². The molecule has 340 valence electrons. The number of aromatic nitrogens is 4. The van der Waals surface area contributed by atoms with E-state index in [2.05, 4.69) is 25.3 Å². The normalized spacial score (nSPS) is 15.2. The molecular weight excluding hydrogens is 811 g/mol. The molecule has 0 bridgehead atoms. The number of nitrogens with zero attached hydrogens (tertiary/aromatic N) is 6. The zero-order chi connectivity index (χ0) is 46.1. The van der Waals surface area contributed by atoms with E-state index in [9.17, 15) is 28.0 Å². The standard InChI is InChI=1S/C23H30FN5O2.C12H18FN3O.C11H14N2O2/c1-29(2)19(8-16-5-6-20(23(25)31)21(24)9-16)13-28-22(30)10-17(7-15-3-4-15)18-11-26-14-27-12-18;1-16(2)9(7-14)5-8-3-4-10(12(15)17)11(13)6-8;14-11(15)4-9(3-8-1-2-8)10-5-12-7-13-6-10/h5-6,9,11-12,14-15,17,19H,3-4,7-8,10,13H2,1-2H3,(H2,25,31)(H,28,30);3-4,6,9H,5,7,14H2,1-2H3,(H2,15,17);5-9H,1-4H2,(H,14,15)/t17-,19+;2*9-/m101/s1. The van der Waals surface area contributed by atoms with Crippen LogP contribution in [-0.4, -0.2) is 112 Å². The lowest BCUT2D eigenvalue weighted by Gasteiger charge is -2.25. The van der Waals surface area contributed by atoms with Crippen LogP contribution in [0.2, 0.25) is 0 Å². The van der Waals surface area contributed by atoms with E-state index in [4.69, 9.17) is 22.3 Å². The number of halogens is 2. The van der Waals surface area contributed by atoms with Crippen molar-refractivity contribution < 1.29 is 33.1 Å². The van der Waals surface area contributed by atoms with Gasteiger partial charge in [-0.05, 0) is 124 Å². The largest absolute Gasteiger partial charge is 0.481 e. The van der Waals surface area contributed by atoms with Crippen LogP contribution < -0.4 is 22.5 Å². The van der Waals surface area contributed by atoms with Crippen molar-refractivity contribution in [3.05, 3.63) is 119 Å². The van der Waals surface area contributed by atoms with Gasteiger partial charge in [0, 0.05) is 56.4 Å². The molecule has 2 aliphatic carbocycles. The van der Waals surface area contributed by atoms with Crippen LogP contribution in [0.3, 0.4) is 0 Å². The Morgan fingerprint density at radius 3 is 1.46 bits per heavy atom. The number of carbonyl (C=O) groups is 4. The molecule has 2 aliphatic rings. The summed E-state index contributed by atoms with van der Waals surface area (Å²) in [6.07, 6.45) is 18.6. The van der Waals surface area contributed by atoms with Crippen molar-refractivity contribution in [3.8, 4) is 0 Å². The third-order valence-corrected chi connectivity index (χ3v) is 11.4. The van der Waals surface area contributed by atoms with Crippen LogP contribution >= 0.6 is 0 Å². The van der Waals surface area contributed by atoms with Gasteiger partial charge >= 0.3 is 5.97 Å². The van der Waals surface area contributed by atoms with Crippen LogP contribution in [0, 0.1) is 23.5 Å². The molecule has 6 rings (SSSR count). The summed E-state index contributed by atoms with van der Waals surface area (Å²) in [6, 6.07) is 9.02. The molecule has 0 spiro atoms. The summed E-state index contributed by atoms with van der Waals surface area (Å²) in [5, 5.41) is 11.9. The average molecular weight is 873 g/mol. The van der Waals surface area contributed by atoms with Crippen LogP contribution in [0.25, 0.3) is 0 Å². The molecule has 0 saturated heterocycles. The maximum Gasteiger partial charge on any atom is 0.303 e. The van der Waals surface area contributed by atoms with Gasteiger partial charge in [0.05, 0.1) is 17.5 Å². The zero-order valence-corrected chi connectivity index (χ0v) is 36.6. The maximum absolute atomic E-state index is 14.1. The Hall–Kier alpha value is -5.78. The van der Waals surface area contributed by atoms with Crippen molar-refractivity contribution in [2.24, 2.45) is 29.0 Å². The molecule has 63 heavy (non-hydrogen) atoms. The molecule has 0 radical (unpaired) electrons. The van der Waals surface area contributed by atoms with Crippen LogP contribution in [-0.2, 0) is 22.4 Å². The molecule has 2 fully saturated rings. The van der Waals surface area contributed by atoms with Gasteiger partial charge < -0.3 is 37.4 Å². The first-order valence-corrected chi connectivity index (χ1v) is 21.2. The third kappa shape index (κ3) is 17.5. The summed E-state index contributed by atoms with van der Waals surface area (Å²) in [5.41, 5.74) is 19.1. The number of likely N-dealkylation sites (N-methyl/N-ethyl adjacent to an activating group) is 2. The van der Waals surface area contributed by atoms with E-state index in [1.54, 1.807) is 36.9 Å². The van der Waals surface area contributed by atoms with E-state index in [0.29, 0.717) is 38.3 Å². The van der Waals surface area contributed by atoms with Gasteiger partial charge in [0.1, 0.15) is 24.3 Å². The monoisotopic (exact) mass is 872 g/mol. The Morgan fingerprint density at radius 2 is 1.11 bits per heavy atom. The second kappa shape index (κ2) is 24.8. The predicted octanol–water partition coefficient (Wildman–Crippen LogP) is 4.47. The number of carbonyl (C=O) groups excluding carboxylic acids is 3. The van der Waals surface area contributed by atoms with Crippen LogP contribution in [0.1, 0.15) is 106 Å². The zero-order valence-electron chi connectivity index (χ0n) is 36.6.